The van der Waals surface area contributed by atoms with E-state index in [9.17, 15) is 23.5 Å². The molecule has 2 aliphatic rings. The fourth-order valence-electron chi connectivity index (χ4n) is 4.52. The molecule has 0 spiro atoms. The summed E-state index contributed by atoms with van der Waals surface area (Å²) in [7, 11) is 0. The van der Waals surface area contributed by atoms with Crippen LogP contribution in [0.15, 0.2) is 48.5 Å². The lowest BCUT2D eigenvalue weighted by molar-refractivity contribution is -0.142. The smallest absolute Gasteiger partial charge is 0.237 e. The molecule has 2 amide bonds. The van der Waals surface area contributed by atoms with Crippen molar-refractivity contribution in [2.75, 3.05) is 26.2 Å². The first-order valence-electron chi connectivity index (χ1n) is 10.9. The zero-order valence-corrected chi connectivity index (χ0v) is 17.8. The lowest BCUT2D eigenvalue weighted by atomic mass is 9.84. The molecule has 2 saturated heterocycles. The van der Waals surface area contributed by atoms with Crippen molar-refractivity contribution < 1.29 is 23.5 Å². The first-order valence-corrected chi connectivity index (χ1v) is 10.9. The van der Waals surface area contributed by atoms with Gasteiger partial charge in [0.2, 0.25) is 11.8 Å². The highest BCUT2D eigenvalue weighted by Gasteiger charge is 2.38. The molecule has 0 saturated carbocycles. The number of halogens is 2. The number of amides is 2. The maximum absolute atomic E-state index is 14.1. The van der Waals surface area contributed by atoms with E-state index in [1.165, 1.54) is 12.1 Å². The highest BCUT2D eigenvalue weighted by molar-refractivity contribution is 5.89. The standard InChI is InChI=1S/C24H27F2N3O3/c25-19-8-4-5-17(22(19)26)16-29-14-11-27-23(31)20(29)15-21(30)28-12-9-24(32,10-13-28)18-6-2-1-3-7-18/h1-8,20,32H,9-16H2,(H,27,31). The highest BCUT2D eigenvalue weighted by atomic mass is 19.2. The van der Waals surface area contributed by atoms with E-state index in [4.69, 9.17) is 0 Å². The number of hydrogen-bond acceptors (Lipinski definition) is 4. The second-order valence-corrected chi connectivity index (χ2v) is 8.47. The average molecular weight is 443 g/mol. The number of piperazine rings is 1. The van der Waals surface area contributed by atoms with Gasteiger partial charge in [0, 0.05) is 38.3 Å². The van der Waals surface area contributed by atoms with Crippen LogP contribution in [0.1, 0.15) is 30.4 Å². The Morgan fingerprint density at radius 3 is 2.50 bits per heavy atom. The Morgan fingerprint density at radius 2 is 1.78 bits per heavy atom. The molecule has 2 heterocycles. The van der Waals surface area contributed by atoms with Crippen LogP contribution in [0.2, 0.25) is 0 Å². The van der Waals surface area contributed by atoms with Crippen LogP contribution in [0, 0.1) is 11.6 Å². The molecule has 1 atom stereocenters. The summed E-state index contributed by atoms with van der Waals surface area (Å²) in [6.45, 7) is 1.64. The first-order chi connectivity index (χ1) is 15.4. The number of benzene rings is 2. The molecule has 0 aliphatic carbocycles. The fraction of sp³-hybridized carbons (Fsp3) is 0.417. The van der Waals surface area contributed by atoms with Gasteiger partial charge < -0.3 is 15.3 Å². The number of hydrogen-bond donors (Lipinski definition) is 2. The molecule has 1 unspecified atom stereocenters. The number of aliphatic hydroxyl groups is 1. The monoisotopic (exact) mass is 443 g/mol. The van der Waals surface area contributed by atoms with E-state index < -0.39 is 23.3 Å². The lowest BCUT2D eigenvalue weighted by Gasteiger charge is -2.40. The summed E-state index contributed by atoms with van der Waals surface area (Å²) in [6, 6.07) is 12.6. The summed E-state index contributed by atoms with van der Waals surface area (Å²) >= 11 is 0. The van der Waals surface area contributed by atoms with Crippen LogP contribution in [-0.4, -0.2) is 58.9 Å². The summed E-state index contributed by atoms with van der Waals surface area (Å²) in [5.41, 5.74) is 0.0198. The molecule has 6 nitrogen and oxygen atoms in total. The van der Waals surface area contributed by atoms with Crippen LogP contribution < -0.4 is 5.32 Å². The fourth-order valence-corrected chi connectivity index (χ4v) is 4.52. The molecule has 8 heteroatoms. The van der Waals surface area contributed by atoms with E-state index in [0.717, 1.165) is 11.6 Å². The summed E-state index contributed by atoms with van der Waals surface area (Å²) in [4.78, 5) is 28.9. The molecule has 170 valence electrons. The molecular formula is C24H27F2N3O3. The SMILES string of the molecule is O=C1NCCN(Cc2cccc(F)c2F)C1CC(=O)N1CCC(O)(c2ccccc2)CC1. The Morgan fingerprint density at radius 1 is 1.06 bits per heavy atom. The van der Waals surface area contributed by atoms with E-state index in [0.29, 0.717) is 39.0 Å². The van der Waals surface area contributed by atoms with Gasteiger partial charge in [0.15, 0.2) is 11.6 Å². The molecule has 2 aliphatic heterocycles. The quantitative estimate of drug-likeness (QED) is 0.743. The summed E-state index contributed by atoms with van der Waals surface area (Å²) in [5, 5.41) is 13.7. The number of nitrogens with one attached hydrogen (secondary N) is 1. The van der Waals surface area contributed by atoms with E-state index in [1.807, 2.05) is 30.3 Å². The average Bonchev–Trinajstić information content (AvgIpc) is 2.80. The van der Waals surface area contributed by atoms with Gasteiger partial charge in [-0.3, -0.25) is 14.5 Å². The second kappa shape index (κ2) is 9.34. The van der Waals surface area contributed by atoms with Crippen molar-refractivity contribution in [3.8, 4) is 0 Å². The molecule has 2 aromatic rings. The minimum absolute atomic E-state index is 0.0444. The highest BCUT2D eigenvalue weighted by Crippen LogP contribution is 2.33. The van der Waals surface area contributed by atoms with Gasteiger partial charge in [0.25, 0.3) is 0 Å². The third-order valence-corrected chi connectivity index (χ3v) is 6.47. The largest absolute Gasteiger partial charge is 0.385 e. The van der Waals surface area contributed by atoms with Crippen molar-refractivity contribution in [1.82, 2.24) is 15.1 Å². The Balaban J connectivity index is 1.41. The van der Waals surface area contributed by atoms with E-state index in [2.05, 4.69) is 5.32 Å². The Labute approximate surface area is 185 Å². The van der Waals surface area contributed by atoms with Crippen molar-refractivity contribution >= 4 is 11.8 Å². The lowest BCUT2D eigenvalue weighted by Crippen LogP contribution is -2.56. The van der Waals surface area contributed by atoms with Crippen LogP contribution in [0.3, 0.4) is 0 Å². The molecule has 0 bridgehead atoms. The molecular weight excluding hydrogens is 416 g/mol. The molecule has 2 aromatic carbocycles. The summed E-state index contributed by atoms with van der Waals surface area (Å²) in [6.07, 6.45) is 0.780. The van der Waals surface area contributed by atoms with Gasteiger partial charge in [0.05, 0.1) is 18.1 Å². The molecule has 32 heavy (non-hydrogen) atoms. The first kappa shape index (κ1) is 22.4. The Kier molecular flexibility index (Phi) is 6.53. The maximum atomic E-state index is 14.1. The number of carbonyl (C=O) groups excluding carboxylic acids is 2. The van der Waals surface area contributed by atoms with Gasteiger partial charge in [-0.1, -0.05) is 42.5 Å². The van der Waals surface area contributed by atoms with Crippen LogP contribution in [0.5, 0.6) is 0 Å². The van der Waals surface area contributed by atoms with Crippen LogP contribution >= 0.6 is 0 Å². The van der Waals surface area contributed by atoms with Gasteiger partial charge in [0.1, 0.15) is 0 Å². The summed E-state index contributed by atoms with van der Waals surface area (Å²) in [5.74, 6) is -2.35. The number of likely N-dealkylation sites (tertiary alicyclic amines) is 1. The van der Waals surface area contributed by atoms with Crippen LogP contribution in [0.25, 0.3) is 0 Å². The van der Waals surface area contributed by atoms with Gasteiger partial charge in [-0.05, 0) is 24.5 Å². The predicted molar refractivity (Wildman–Crippen MR) is 114 cm³/mol. The van der Waals surface area contributed by atoms with E-state index in [1.54, 1.807) is 9.80 Å². The number of piperidine rings is 1. The van der Waals surface area contributed by atoms with Gasteiger partial charge in [-0.15, -0.1) is 0 Å². The van der Waals surface area contributed by atoms with E-state index in [-0.39, 0.29) is 30.3 Å². The second-order valence-electron chi connectivity index (χ2n) is 8.47. The minimum Gasteiger partial charge on any atom is -0.385 e. The minimum atomic E-state index is -0.971. The summed E-state index contributed by atoms with van der Waals surface area (Å²) < 4.78 is 27.7. The van der Waals surface area contributed by atoms with Gasteiger partial charge >= 0.3 is 0 Å². The van der Waals surface area contributed by atoms with Crippen LogP contribution in [-0.2, 0) is 21.7 Å². The van der Waals surface area contributed by atoms with Crippen molar-refractivity contribution in [3.05, 3.63) is 71.3 Å². The molecule has 2 N–H and O–H groups in total. The molecule has 2 fully saturated rings. The normalized spacial score (nSPS) is 21.3. The van der Waals surface area contributed by atoms with Crippen molar-refractivity contribution in [2.24, 2.45) is 0 Å². The maximum Gasteiger partial charge on any atom is 0.237 e. The molecule has 4 rings (SSSR count). The number of carbonyl (C=O) groups is 2. The number of nitrogens with zero attached hydrogens (tertiary/aromatic N) is 2. The van der Waals surface area contributed by atoms with Crippen LogP contribution in [0.4, 0.5) is 8.78 Å². The van der Waals surface area contributed by atoms with Gasteiger partial charge in [-0.25, -0.2) is 8.78 Å². The molecule has 0 aromatic heterocycles. The zero-order chi connectivity index (χ0) is 22.7. The Hall–Kier alpha value is -2.84. The zero-order valence-electron chi connectivity index (χ0n) is 17.8. The third-order valence-electron chi connectivity index (χ3n) is 6.47. The van der Waals surface area contributed by atoms with E-state index >= 15 is 0 Å². The van der Waals surface area contributed by atoms with Crippen molar-refractivity contribution in [2.45, 2.75) is 37.5 Å². The predicted octanol–water partition coefficient (Wildman–Crippen LogP) is 2.17. The number of rotatable bonds is 5. The Bertz CT molecular complexity index is 978. The van der Waals surface area contributed by atoms with Crippen molar-refractivity contribution in [1.29, 1.82) is 0 Å². The molecule has 0 radical (unpaired) electrons. The van der Waals surface area contributed by atoms with Crippen molar-refractivity contribution in [3.63, 3.8) is 0 Å². The van der Waals surface area contributed by atoms with Gasteiger partial charge in [-0.2, -0.15) is 0 Å². The topological polar surface area (TPSA) is 72.9 Å². The third kappa shape index (κ3) is 4.66.